The Morgan fingerprint density at radius 3 is 2.56 bits per heavy atom. The third kappa shape index (κ3) is 3.12. The maximum atomic E-state index is 13.5. The number of nitrogens with zero attached hydrogens (tertiary/aromatic N) is 3. The molecular formula is C16H14F3N5O. The first-order chi connectivity index (χ1) is 11.8. The van der Waals surface area contributed by atoms with Crippen LogP contribution in [0.2, 0.25) is 0 Å². The highest BCUT2D eigenvalue weighted by Gasteiger charge is 2.36. The lowest BCUT2D eigenvalue weighted by molar-refractivity contribution is -0.136. The predicted octanol–water partition coefficient (Wildman–Crippen LogP) is 2.45. The highest BCUT2D eigenvalue weighted by Crippen LogP contribution is 2.38. The van der Waals surface area contributed by atoms with Gasteiger partial charge in [-0.15, -0.1) is 0 Å². The third-order valence-electron chi connectivity index (χ3n) is 3.68. The van der Waals surface area contributed by atoms with E-state index in [1.54, 1.807) is 30.3 Å². The maximum Gasteiger partial charge on any atom is 0.417 e. The molecule has 6 nitrogen and oxygen atoms in total. The molecule has 0 saturated heterocycles. The summed E-state index contributed by atoms with van der Waals surface area (Å²) in [7, 11) is 1.42. The number of hydrogen-bond acceptors (Lipinski definition) is 4. The zero-order valence-corrected chi connectivity index (χ0v) is 13.1. The summed E-state index contributed by atoms with van der Waals surface area (Å²) in [5.41, 5.74) is 5.29. The van der Waals surface area contributed by atoms with E-state index in [0.29, 0.717) is 5.56 Å². The van der Waals surface area contributed by atoms with Gasteiger partial charge in [0.2, 0.25) is 5.91 Å². The minimum atomic E-state index is -4.64. The first kappa shape index (κ1) is 16.7. The van der Waals surface area contributed by atoms with Crippen LogP contribution in [0.4, 0.5) is 19.0 Å². The number of anilines is 1. The molecule has 0 fully saturated rings. The van der Waals surface area contributed by atoms with Gasteiger partial charge in [0.05, 0.1) is 16.6 Å². The summed E-state index contributed by atoms with van der Waals surface area (Å²) in [6.45, 7) is -0.285. The van der Waals surface area contributed by atoms with Crippen molar-refractivity contribution in [3.63, 3.8) is 0 Å². The number of halogens is 3. The molecule has 0 unspecified atom stereocenters. The molecule has 1 aromatic carbocycles. The maximum absolute atomic E-state index is 13.5. The topological polar surface area (TPSA) is 85.8 Å². The van der Waals surface area contributed by atoms with Crippen LogP contribution in [0.3, 0.4) is 0 Å². The van der Waals surface area contributed by atoms with E-state index in [4.69, 9.17) is 5.73 Å². The molecule has 3 aromatic rings. The van der Waals surface area contributed by atoms with Crippen molar-refractivity contribution in [1.82, 2.24) is 20.1 Å². The molecule has 2 heterocycles. The Balaban J connectivity index is 2.30. The summed E-state index contributed by atoms with van der Waals surface area (Å²) in [5, 5.41) is 5.94. The van der Waals surface area contributed by atoms with Gasteiger partial charge >= 0.3 is 6.18 Å². The molecule has 3 N–H and O–H groups in total. The standard InChI is InChI=1S/C16H14F3N5O/c1-21-12(25)8-24-15-13(14(20)23-24)10(16(17,18)19)7-11(22-15)9-5-3-2-4-6-9/h2-7H,8H2,1H3,(H2,20,23)(H,21,25). The second-order valence-corrected chi connectivity index (χ2v) is 5.33. The zero-order chi connectivity index (χ0) is 18.2. The van der Waals surface area contributed by atoms with Gasteiger partial charge in [0.25, 0.3) is 0 Å². The van der Waals surface area contributed by atoms with E-state index in [0.717, 1.165) is 10.7 Å². The van der Waals surface area contributed by atoms with E-state index < -0.39 is 17.6 Å². The quantitative estimate of drug-likeness (QED) is 0.760. The summed E-state index contributed by atoms with van der Waals surface area (Å²) < 4.78 is 41.7. The van der Waals surface area contributed by atoms with Crippen molar-refractivity contribution in [2.45, 2.75) is 12.7 Å². The van der Waals surface area contributed by atoms with Crippen LogP contribution in [-0.2, 0) is 17.5 Å². The summed E-state index contributed by atoms with van der Waals surface area (Å²) in [6, 6.07) is 9.39. The molecule has 0 bridgehead atoms. The number of alkyl halides is 3. The van der Waals surface area contributed by atoms with Crippen molar-refractivity contribution in [1.29, 1.82) is 0 Å². The first-order valence-electron chi connectivity index (χ1n) is 7.31. The minimum Gasteiger partial charge on any atom is -0.382 e. The number of nitrogen functional groups attached to an aromatic ring is 1. The van der Waals surface area contributed by atoms with Crippen LogP contribution < -0.4 is 11.1 Å². The molecule has 3 rings (SSSR count). The Labute approximate surface area is 140 Å². The van der Waals surface area contributed by atoms with Crippen molar-refractivity contribution in [3.8, 4) is 11.3 Å². The van der Waals surface area contributed by atoms with Crippen LogP contribution in [0.1, 0.15) is 5.56 Å². The number of rotatable bonds is 3. The lowest BCUT2D eigenvalue weighted by Gasteiger charge is -2.11. The van der Waals surface area contributed by atoms with E-state index in [1.165, 1.54) is 7.05 Å². The molecule has 25 heavy (non-hydrogen) atoms. The molecule has 0 radical (unpaired) electrons. The van der Waals surface area contributed by atoms with Crippen LogP contribution in [0.25, 0.3) is 22.3 Å². The Kier molecular flexibility index (Phi) is 4.07. The molecule has 0 atom stereocenters. The number of nitrogens with one attached hydrogen (secondary N) is 1. The second kappa shape index (κ2) is 6.08. The van der Waals surface area contributed by atoms with Gasteiger partial charge in [-0.3, -0.25) is 4.79 Å². The number of benzene rings is 1. The minimum absolute atomic E-state index is 0.0882. The zero-order valence-electron chi connectivity index (χ0n) is 13.1. The van der Waals surface area contributed by atoms with E-state index in [9.17, 15) is 18.0 Å². The average molecular weight is 349 g/mol. The van der Waals surface area contributed by atoms with Gasteiger partial charge < -0.3 is 11.1 Å². The number of pyridine rings is 1. The fourth-order valence-corrected chi connectivity index (χ4v) is 2.50. The number of carbonyl (C=O) groups excluding carboxylic acids is 1. The number of carbonyl (C=O) groups is 1. The van der Waals surface area contributed by atoms with Gasteiger partial charge in [-0.1, -0.05) is 30.3 Å². The van der Waals surface area contributed by atoms with Gasteiger partial charge in [-0.05, 0) is 6.07 Å². The van der Waals surface area contributed by atoms with Gasteiger partial charge in [-0.2, -0.15) is 18.3 Å². The summed E-state index contributed by atoms with van der Waals surface area (Å²) in [6.07, 6.45) is -4.64. The molecule has 0 aliphatic rings. The molecule has 9 heteroatoms. The lowest BCUT2D eigenvalue weighted by atomic mass is 10.1. The second-order valence-electron chi connectivity index (χ2n) is 5.33. The van der Waals surface area contributed by atoms with Crippen molar-refractivity contribution in [2.75, 3.05) is 12.8 Å². The van der Waals surface area contributed by atoms with Gasteiger partial charge in [0.15, 0.2) is 11.5 Å². The van der Waals surface area contributed by atoms with E-state index >= 15 is 0 Å². The largest absolute Gasteiger partial charge is 0.417 e. The Morgan fingerprint density at radius 1 is 1.28 bits per heavy atom. The monoisotopic (exact) mass is 349 g/mol. The molecular weight excluding hydrogens is 335 g/mol. The summed E-state index contributed by atoms with van der Waals surface area (Å²) in [4.78, 5) is 15.9. The van der Waals surface area contributed by atoms with E-state index in [-0.39, 0.29) is 29.1 Å². The highest BCUT2D eigenvalue weighted by molar-refractivity contribution is 5.93. The molecule has 0 aliphatic carbocycles. The normalized spacial score (nSPS) is 11.7. The van der Waals surface area contributed by atoms with Gasteiger partial charge in [0.1, 0.15) is 6.54 Å². The molecule has 0 aliphatic heterocycles. The number of amides is 1. The van der Waals surface area contributed by atoms with Crippen LogP contribution >= 0.6 is 0 Å². The fourth-order valence-electron chi connectivity index (χ4n) is 2.50. The molecule has 1 amide bonds. The van der Waals surface area contributed by atoms with Crippen molar-refractivity contribution in [2.24, 2.45) is 0 Å². The number of nitrogens with two attached hydrogens (primary N) is 1. The Bertz CT molecular complexity index is 934. The van der Waals surface area contributed by atoms with Gasteiger partial charge in [-0.25, -0.2) is 9.67 Å². The Hall–Kier alpha value is -3.10. The van der Waals surface area contributed by atoms with Crippen molar-refractivity contribution in [3.05, 3.63) is 42.0 Å². The first-order valence-corrected chi connectivity index (χ1v) is 7.31. The van der Waals surface area contributed by atoms with Crippen molar-refractivity contribution >= 4 is 22.8 Å². The van der Waals surface area contributed by atoms with E-state index in [2.05, 4.69) is 15.4 Å². The number of aromatic nitrogens is 3. The molecule has 130 valence electrons. The molecule has 0 spiro atoms. The van der Waals surface area contributed by atoms with Crippen LogP contribution in [0, 0.1) is 0 Å². The highest BCUT2D eigenvalue weighted by atomic mass is 19.4. The average Bonchev–Trinajstić information content (AvgIpc) is 2.89. The van der Waals surface area contributed by atoms with Crippen LogP contribution in [0.5, 0.6) is 0 Å². The van der Waals surface area contributed by atoms with Crippen LogP contribution in [-0.4, -0.2) is 27.7 Å². The number of fused-ring (bicyclic) bond motifs is 1. The Morgan fingerprint density at radius 2 is 1.96 bits per heavy atom. The predicted molar refractivity (Wildman–Crippen MR) is 86.4 cm³/mol. The van der Waals surface area contributed by atoms with Crippen molar-refractivity contribution < 1.29 is 18.0 Å². The SMILES string of the molecule is CNC(=O)Cn1nc(N)c2c(C(F)(F)F)cc(-c3ccccc3)nc21. The summed E-state index contributed by atoms with van der Waals surface area (Å²) >= 11 is 0. The van der Waals surface area contributed by atoms with Crippen LogP contribution in [0.15, 0.2) is 36.4 Å². The summed E-state index contributed by atoms with van der Waals surface area (Å²) in [5.74, 6) is -0.747. The number of likely N-dealkylation sites (N-methyl/N-ethyl adjacent to an activating group) is 1. The molecule has 0 saturated carbocycles. The van der Waals surface area contributed by atoms with E-state index in [1.807, 2.05) is 0 Å². The lowest BCUT2D eigenvalue weighted by Crippen LogP contribution is -2.24. The smallest absolute Gasteiger partial charge is 0.382 e. The third-order valence-corrected chi connectivity index (χ3v) is 3.68. The molecule has 2 aromatic heterocycles. The number of hydrogen-bond donors (Lipinski definition) is 2. The fraction of sp³-hybridized carbons (Fsp3) is 0.188. The van der Waals surface area contributed by atoms with Gasteiger partial charge in [0, 0.05) is 12.6 Å².